The molecule has 1 aromatic heterocycles. The Bertz CT molecular complexity index is 508. The smallest absolute Gasteiger partial charge is 0.371 e. The molecule has 0 amide bonds. The SMILES string of the molecule is C=Cc1cccc2oc(C(=O)O)cc12. The highest BCUT2D eigenvalue weighted by molar-refractivity contribution is 5.94. The molecule has 0 saturated heterocycles. The van der Waals surface area contributed by atoms with Gasteiger partial charge in [0.2, 0.25) is 5.76 Å². The van der Waals surface area contributed by atoms with Crippen molar-refractivity contribution >= 4 is 23.0 Å². The average molecular weight is 188 g/mol. The molecule has 0 aliphatic heterocycles. The van der Waals surface area contributed by atoms with E-state index in [0.717, 1.165) is 10.9 Å². The molecule has 3 heteroatoms. The van der Waals surface area contributed by atoms with E-state index >= 15 is 0 Å². The van der Waals surface area contributed by atoms with Gasteiger partial charge in [0.15, 0.2) is 0 Å². The molecule has 3 nitrogen and oxygen atoms in total. The number of fused-ring (bicyclic) bond motifs is 1. The van der Waals surface area contributed by atoms with E-state index in [-0.39, 0.29) is 5.76 Å². The molecule has 0 saturated carbocycles. The van der Waals surface area contributed by atoms with Crippen molar-refractivity contribution in [1.82, 2.24) is 0 Å². The van der Waals surface area contributed by atoms with Gasteiger partial charge in [-0.1, -0.05) is 24.8 Å². The number of carboxylic acids is 1. The highest BCUT2D eigenvalue weighted by atomic mass is 16.4. The van der Waals surface area contributed by atoms with Crippen molar-refractivity contribution in [2.45, 2.75) is 0 Å². The summed E-state index contributed by atoms with van der Waals surface area (Å²) >= 11 is 0. The Labute approximate surface area is 80.3 Å². The Morgan fingerprint density at radius 3 is 2.93 bits per heavy atom. The molecule has 2 aromatic rings. The van der Waals surface area contributed by atoms with E-state index in [0.29, 0.717) is 5.58 Å². The summed E-state index contributed by atoms with van der Waals surface area (Å²) < 4.78 is 5.12. The Hall–Kier alpha value is -2.03. The molecule has 70 valence electrons. The number of hydrogen-bond donors (Lipinski definition) is 1. The largest absolute Gasteiger partial charge is 0.475 e. The molecular weight excluding hydrogens is 180 g/mol. The number of benzene rings is 1. The van der Waals surface area contributed by atoms with E-state index in [1.165, 1.54) is 6.07 Å². The van der Waals surface area contributed by atoms with Gasteiger partial charge >= 0.3 is 5.97 Å². The van der Waals surface area contributed by atoms with Gasteiger partial charge < -0.3 is 9.52 Å². The lowest BCUT2D eigenvalue weighted by atomic mass is 10.1. The van der Waals surface area contributed by atoms with Crippen LogP contribution in [-0.4, -0.2) is 11.1 Å². The van der Waals surface area contributed by atoms with Gasteiger partial charge in [0.25, 0.3) is 0 Å². The van der Waals surface area contributed by atoms with Crippen LogP contribution in [0.25, 0.3) is 17.0 Å². The van der Waals surface area contributed by atoms with Crippen molar-refractivity contribution in [3.8, 4) is 0 Å². The molecular formula is C11H8O3. The first kappa shape index (κ1) is 8.56. The quantitative estimate of drug-likeness (QED) is 0.788. The molecule has 0 aliphatic rings. The van der Waals surface area contributed by atoms with Crippen LogP contribution >= 0.6 is 0 Å². The Kier molecular flexibility index (Phi) is 1.85. The first-order valence-electron chi connectivity index (χ1n) is 4.10. The van der Waals surface area contributed by atoms with E-state index in [9.17, 15) is 4.79 Å². The number of rotatable bonds is 2. The third-order valence-electron chi connectivity index (χ3n) is 2.03. The van der Waals surface area contributed by atoms with Crippen molar-refractivity contribution < 1.29 is 14.3 Å². The summed E-state index contributed by atoms with van der Waals surface area (Å²) in [5.41, 5.74) is 1.44. The fraction of sp³-hybridized carbons (Fsp3) is 0. The summed E-state index contributed by atoms with van der Waals surface area (Å²) in [7, 11) is 0. The number of carbonyl (C=O) groups is 1. The van der Waals surface area contributed by atoms with Gasteiger partial charge in [-0.15, -0.1) is 0 Å². The molecule has 0 fully saturated rings. The molecule has 14 heavy (non-hydrogen) atoms. The highest BCUT2D eigenvalue weighted by Crippen LogP contribution is 2.23. The van der Waals surface area contributed by atoms with E-state index in [2.05, 4.69) is 6.58 Å². The lowest BCUT2D eigenvalue weighted by molar-refractivity contribution is 0.0665. The lowest BCUT2D eigenvalue weighted by Gasteiger charge is -1.92. The van der Waals surface area contributed by atoms with Crippen molar-refractivity contribution in [3.05, 3.63) is 42.2 Å². The summed E-state index contributed by atoms with van der Waals surface area (Å²) in [4.78, 5) is 10.7. The maximum Gasteiger partial charge on any atom is 0.371 e. The topological polar surface area (TPSA) is 50.4 Å². The van der Waals surface area contributed by atoms with Crippen LogP contribution in [0.1, 0.15) is 16.1 Å². The van der Waals surface area contributed by atoms with Gasteiger partial charge in [0.1, 0.15) is 5.58 Å². The summed E-state index contributed by atoms with van der Waals surface area (Å²) in [6.45, 7) is 3.65. The number of aromatic carboxylic acids is 1. The summed E-state index contributed by atoms with van der Waals surface area (Å²) in [5, 5.41) is 9.51. The highest BCUT2D eigenvalue weighted by Gasteiger charge is 2.11. The van der Waals surface area contributed by atoms with Gasteiger partial charge in [-0.3, -0.25) is 0 Å². The second-order valence-corrected chi connectivity index (χ2v) is 2.88. The fourth-order valence-electron chi connectivity index (χ4n) is 1.37. The zero-order valence-corrected chi connectivity index (χ0v) is 7.36. The van der Waals surface area contributed by atoms with Crippen LogP contribution in [0, 0.1) is 0 Å². The first-order valence-corrected chi connectivity index (χ1v) is 4.10. The van der Waals surface area contributed by atoms with E-state index in [1.807, 2.05) is 6.07 Å². The molecule has 0 aliphatic carbocycles. The van der Waals surface area contributed by atoms with E-state index < -0.39 is 5.97 Å². The van der Waals surface area contributed by atoms with Crippen molar-refractivity contribution in [2.24, 2.45) is 0 Å². The van der Waals surface area contributed by atoms with Crippen LogP contribution in [0.5, 0.6) is 0 Å². The monoisotopic (exact) mass is 188 g/mol. The molecule has 1 aromatic carbocycles. The van der Waals surface area contributed by atoms with Crippen molar-refractivity contribution in [3.63, 3.8) is 0 Å². The normalized spacial score (nSPS) is 10.3. The Morgan fingerprint density at radius 2 is 2.29 bits per heavy atom. The average Bonchev–Trinajstić information content (AvgIpc) is 2.60. The molecule has 1 heterocycles. The van der Waals surface area contributed by atoms with Crippen LogP contribution in [-0.2, 0) is 0 Å². The number of furan rings is 1. The second-order valence-electron chi connectivity index (χ2n) is 2.88. The van der Waals surface area contributed by atoms with Crippen LogP contribution in [0.15, 0.2) is 35.3 Å². The predicted octanol–water partition coefficient (Wildman–Crippen LogP) is 2.77. The maximum atomic E-state index is 10.7. The van der Waals surface area contributed by atoms with Crippen LogP contribution in [0.2, 0.25) is 0 Å². The lowest BCUT2D eigenvalue weighted by Crippen LogP contribution is -1.91. The molecule has 1 N–H and O–H groups in total. The summed E-state index contributed by atoms with van der Waals surface area (Å²) in [6, 6.07) is 6.90. The molecule has 0 spiro atoms. The minimum absolute atomic E-state index is 0.0469. The second kappa shape index (κ2) is 3.03. The molecule has 0 atom stereocenters. The van der Waals surface area contributed by atoms with Crippen LogP contribution < -0.4 is 0 Å². The number of hydrogen-bond acceptors (Lipinski definition) is 2. The third-order valence-corrected chi connectivity index (χ3v) is 2.03. The fourth-order valence-corrected chi connectivity index (χ4v) is 1.37. The van der Waals surface area contributed by atoms with Crippen LogP contribution in [0.4, 0.5) is 0 Å². The Balaban J connectivity index is 2.76. The molecule has 2 rings (SSSR count). The van der Waals surface area contributed by atoms with Gasteiger partial charge in [-0.25, -0.2) is 4.79 Å². The van der Waals surface area contributed by atoms with E-state index in [1.54, 1.807) is 18.2 Å². The zero-order valence-electron chi connectivity index (χ0n) is 7.36. The zero-order chi connectivity index (χ0) is 10.1. The van der Waals surface area contributed by atoms with Crippen molar-refractivity contribution in [2.75, 3.05) is 0 Å². The molecule has 0 bridgehead atoms. The maximum absolute atomic E-state index is 10.7. The van der Waals surface area contributed by atoms with Gasteiger partial charge in [0, 0.05) is 5.39 Å². The summed E-state index contributed by atoms with van der Waals surface area (Å²) in [6.07, 6.45) is 1.67. The van der Waals surface area contributed by atoms with Gasteiger partial charge in [0.05, 0.1) is 0 Å². The van der Waals surface area contributed by atoms with Crippen LogP contribution in [0.3, 0.4) is 0 Å². The third kappa shape index (κ3) is 1.19. The van der Waals surface area contributed by atoms with Gasteiger partial charge in [-0.2, -0.15) is 0 Å². The van der Waals surface area contributed by atoms with Gasteiger partial charge in [-0.05, 0) is 17.7 Å². The number of carboxylic acid groups (broad SMARTS) is 1. The molecule has 0 unspecified atom stereocenters. The predicted molar refractivity (Wildman–Crippen MR) is 53.3 cm³/mol. The Morgan fingerprint density at radius 1 is 1.50 bits per heavy atom. The minimum atomic E-state index is -1.06. The standard InChI is InChI=1S/C11H8O3/c1-2-7-4-3-5-9-8(7)6-10(14-9)11(12)13/h2-6H,1H2,(H,12,13). The first-order chi connectivity index (χ1) is 6.72. The van der Waals surface area contributed by atoms with Crippen molar-refractivity contribution in [1.29, 1.82) is 0 Å². The molecule has 0 radical (unpaired) electrons. The summed E-state index contributed by atoms with van der Waals surface area (Å²) in [5.74, 6) is -1.11. The van der Waals surface area contributed by atoms with E-state index in [4.69, 9.17) is 9.52 Å². The minimum Gasteiger partial charge on any atom is -0.475 e.